The molecule has 0 spiro atoms. The highest BCUT2D eigenvalue weighted by atomic mass is 35.5. The minimum Gasteiger partial charge on any atom is -0.506 e. The zero-order valence-electron chi connectivity index (χ0n) is 20.1. The van der Waals surface area contributed by atoms with Gasteiger partial charge in [0.1, 0.15) is 11.4 Å². The number of hydrogen-bond donors (Lipinski definition) is 1. The number of phenols is 1. The minimum absolute atomic E-state index is 0.0826. The maximum Gasteiger partial charge on any atom is 0.410 e. The first-order valence-corrected chi connectivity index (χ1v) is 13.8. The Hall–Kier alpha value is -1.31. The number of halogens is 1. The molecule has 8 heteroatoms. The number of amides is 1. The molecule has 1 aliphatic carbocycles. The van der Waals surface area contributed by atoms with E-state index in [1.165, 1.54) is 19.3 Å². The lowest BCUT2D eigenvalue weighted by atomic mass is 9.95. The molecular weight excluding hydrogens is 462 g/mol. The highest BCUT2D eigenvalue weighted by Gasteiger charge is 2.28. The molecule has 2 heterocycles. The van der Waals surface area contributed by atoms with Crippen LogP contribution in [0.2, 0.25) is 5.02 Å². The zero-order chi connectivity index (χ0) is 24.0. The van der Waals surface area contributed by atoms with Crippen molar-refractivity contribution in [1.29, 1.82) is 0 Å². The number of phenolic OH excluding ortho intramolecular Hbond substituents is 1. The fourth-order valence-corrected chi connectivity index (χ4v) is 5.95. The van der Waals surface area contributed by atoms with Gasteiger partial charge in [0.25, 0.3) is 0 Å². The molecular formula is C25H38ClNO5S. The molecule has 3 fully saturated rings. The van der Waals surface area contributed by atoms with Crippen molar-refractivity contribution in [3.05, 3.63) is 28.8 Å². The lowest BCUT2D eigenvalue weighted by Gasteiger charge is -2.34. The Balaban J connectivity index is 0.000000194. The zero-order valence-corrected chi connectivity index (χ0v) is 21.6. The third kappa shape index (κ3) is 8.15. The third-order valence-corrected chi connectivity index (χ3v) is 8.50. The molecule has 2 aliphatic heterocycles. The summed E-state index contributed by atoms with van der Waals surface area (Å²) in [5.41, 5.74) is 0.574. The third-order valence-electron chi connectivity index (χ3n) is 6.36. The molecule has 0 radical (unpaired) electrons. The summed E-state index contributed by atoms with van der Waals surface area (Å²) in [7, 11) is -0.767. The maximum absolute atomic E-state index is 11.9. The molecule has 186 valence electrons. The summed E-state index contributed by atoms with van der Waals surface area (Å²) in [6, 6.07) is 5.08. The summed E-state index contributed by atoms with van der Waals surface area (Å²) in [5.74, 6) is 1.47. The van der Waals surface area contributed by atoms with Crippen LogP contribution >= 0.6 is 11.6 Å². The molecule has 2 atom stereocenters. The van der Waals surface area contributed by atoms with Crippen molar-refractivity contribution in [3.63, 3.8) is 0 Å². The van der Waals surface area contributed by atoms with Crippen molar-refractivity contribution in [2.75, 3.05) is 25.4 Å². The van der Waals surface area contributed by atoms with E-state index in [2.05, 4.69) is 0 Å². The summed E-state index contributed by atoms with van der Waals surface area (Å²) >= 11 is 5.79. The van der Waals surface area contributed by atoms with Crippen LogP contribution in [0.3, 0.4) is 0 Å². The fourth-order valence-electron chi connectivity index (χ4n) is 4.14. The first kappa shape index (κ1) is 26.3. The number of rotatable bonds is 4. The van der Waals surface area contributed by atoms with Gasteiger partial charge in [-0.25, -0.2) is 4.79 Å². The van der Waals surface area contributed by atoms with Gasteiger partial charge in [-0.05, 0) is 89.3 Å². The number of carbonyl (C=O) groups excluding carboxylic acids is 1. The molecule has 3 aliphatic rings. The van der Waals surface area contributed by atoms with E-state index < -0.39 is 16.4 Å². The second kappa shape index (κ2) is 11.9. The van der Waals surface area contributed by atoms with Crippen LogP contribution in [0, 0.1) is 5.92 Å². The molecule has 0 bridgehead atoms. The van der Waals surface area contributed by atoms with Crippen LogP contribution in [0.4, 0.5) is 4.79 Å². The van der Waals surface area contributed by atoms with E-state index in [9.17, 15) is 14.1 Å². The quantitative estimate of drug-likeness (QED) is 0.563. The Kier molecular flexibility index (Phi) is 9.48. The van der Waals surface area contributed by atoms with Crippen LogP contribution < -0.4 is 0 Å². The maximum atomic E-state index is 11.9. The van der Waals surface area contributed by atoms with Crippen LogP contribution in [-0.4, -0.2) is 57.5 Å². The average molecular weight is 500 g/mol. The summed E-state index contributed by atoms with van der Waals surface area (Å²) < 4.78 is 22.8. The van der Waals surface area contributed by atoms with Crippen molar-refractivity contribution in [2.45, 2.75) is 82.7 Å². The molecule has 1 saturated carbocycles. The summed E-state index contributed by atoms with van der Waals surface area (Å²) in [4.78, 5) is 13.7. The van der Waals surface area contributed by atoms with Gasteiger partial charge in [-0.1, -0.05) is 17.7 Å². The number of piperidine rings is 1. The van der Waals surface area contributed by atoms with Gasteiger partial charge in [0, 0.05) is 36.2 Å². The van der Waals surface area contributed by atoms with E-state index >= 15 is 0 Å². The number of carbonyl (C=O) groups is 1. The van der Waals surface area contributed by atoms with E-state index in [-0.39, 0.29) is 17.1 Å². The molecule has 0 aromatic heterocycles. The SMILES string of the molecule is CC(C)(C)OC(=O)N1CCC(COC2CCC2)CC1.O=S1CCCC1c1ccc(O)c(Cl)c1. The second-order valence-corrected chi connectivity index (χ2v) is 12.4. The van der Waals surface area contributed by atoms with Gasteiger partial charge in [0.05, 0.1) is 16.4 Å². The highest BCUT2D eigenvalue weighted by Crippen LogP contribution is 2.35. The van der Waals surface area contributed by atoms with Gasteiger partial charge >= 0.3 is 6.09 Å². The fraction of sp³-hybridized carbons (Fsp3) is 0.720. The predicted molar refractivity (Wildman–Crippen MR) is 132 cm³/mol. The largest absolute Gasteiger partial charge is 0.506 e. The number of hydrogen-bond acceptors (Lipinski definition) is 5. The van der Waals surface area contributed by atoms with E-state index in [1.807, 2.05) is 25.7 Å². The van der Waals surface area contributed by atoms with Crippen LogP contribution in [0.5, 0.6) is 5.75 Å². The van der Waals surface area contributed by atoms with Gasteiger partial charge in [-0.3, -0.25) is 4.21 Å². The van der Waals surface area contributed by atoms with E-state index in [1.54, 1.807) is 18.2 Å². The van der Waals surface area contributed by atoms with Crippen molar-refractivity contribution >= 4 is 28.5 Å². The molecule has 2 saturated heterocycles. The first-order chi connectivity index (χ1) is 15.6. The van der Waals surface area contributed by atoms with Crippen LogP contribution in [0.1, 0.15) is 76.5 Å². The average Bonchev–Trinajstić information content (AvgIpc) is 3.14. The van der Waals surface area contributed by atoms with Gasteiger partial charge in [0.15, 0.2) is 0 Å². The number of nitrogens with zero attached hydrogens (tertiary/aromatic N) is 1. The van der Waals surface area contributed by atoms with Crippen LogP contribution in [0.15, 0.2) is 18.2 Å². The molecule has 6 nitrogen and oxygen atoms in total. The smallest absolute Gasteiger partial charge is 0.410 e. The standard InChI is InChI=1S/C15H27NO3.C10H11ClO2S/c1-15(2,3)19-14(17)16-9-7-12(8-10-16)11-18-13-5-4-6-13;11-8-6-7(3-4-9(8)12)10-2-1-5-14(10)13/h12-13H,4-11H2,1-3H3;3-4,6,10,12H,1-2,5H2. The Morgan fingerprint density at radius 1 is 1.15 bits per heavy atom. The van der Waals surface area contributed by atoms with E-state index in [4.69, 9.17) is 21.1 Å². The van der Waals surface area contributed by atoms with Crippen molar-refractivity contribution < 1.29 is 23.6 Å². The van der Waals surface area contributed by atoms with Gasteiger partial charge in [0.2, 0.25) is 0 Å². The Morgan fingerprint density at radius 3 is 2.36 bits per heavy atom. The molecule has 1 N–H and O–H groups in total. The van der Waals surface area contributed by atoms with Crippen LogP contribution in [-0.2, 0) is 20.3 Å². The molecule has 1 aromatic rings. The summed E-state index contributed by atoms with van der Waals surface area (Å²) in [6.45, 7) is 8.19. The lowest BCUT2D eigenvalue weighted by molar-refractivity contribution is -0.0291. The topological polar surface area (TPSA) is 76.1 Å². The molecule has 33 heavy (non-hydrogen) atoms. The number of aromatic hydroxyl groups is 1. The lowest BCUT2D eigenvalue weighted by Crippen LogP contribution is -2.42. The van der Waals surface area contributed by atoms with Gasteiger partial charge in [-0.2, -0.15) is 0 Å². The monoisotopic (exact) mass is 499 g/mol. The van der Waals surface area contributed by atoms with Crippen molar-refractivity contribution in [2.24, 2.45) is 5.92 Å². The van der Waals surface area contributed by atoms with Crippen molar-refractivity contribution in [3.8, 4) is 5.75 Å². The first-order valence-electron chi connectivity index (χ1n) is 12.1. The Bertz CT molecular complexity index is 816. The summed E-state index contributed by atoms with van der Waals surface area (Å²) in [6.07, 6.45) is 8.16. The van der Waals surface area contributed by atoms with Gasteiger partial charge < -0.3 is 19.5 Å². The highest BCUT2D eigenvalue weighted by molar-refractivity contribution is 7.85. The minimum atomic E-state index is -0.767. The molecule has 4 rings (SSSR count). The predicted octanol–water partition coefficient (Wildman–Crippen LogP) is 5.83. The number of benzene rings is 1. The second-order valence-electron chi connectivity index (χ2n) is 10.2. The molecule has 2 unspecified atom stereocenters. The van der Waals surface area contributed by atoms with Crippen LogP contribution in [0.25, 0.3) is 0 Å². The molecule has 1 aromatic carbocycles. The summed E-state index contributed by atoms with van der Waals surface area (Å²) in [5, 5.41) is 9.69. The van der Waals surface area contributed by atoms with E-state index in [0.717, 1.165) is 56.7 Å². The number of ether oxygens (including phenoxy) is 2. The Morgan fingerprint density at radius 2 is 1.85 bits per heavy atom. The van der Waals surface area contributed by atoms with Gasteiger partial charge in [-0.15, -0.1) is 0 Å². The number of likely N-dealkylation sites (tertiary alicyclic amines) is 1. The van der Waals surface area contributed by atoms with Crippen molar-refractivity contribution in [1.82, 2.24) is 4.90 Å². The molecule has 1 amide bonds. The Labute approximate surface area is 205 Å². The normalized spacial score (nSPS) is 24.1. The van der Waals surface area contributed by atoms with E-state index in [0.29, 0.717) is 17.0 Å².